The molecule has 20 radical (unpaired) electrons. The van der Waals surface area contributed by atoms with Crippen LogP contribution in [-0.2, 0) is 0 Å². The van der Waals surface area contributed by atoms with E-state index in [0.717, 1.165) is 0 Å². The Morgan fingerprint density at radius 3 is 0.167 bits per heavy atom. The Hall–Kier alpha value is 2.65. The monoisotopic (exact) mass is 1000 g/mol. The minimum Gasteiger partial charge on any atom is -0.0579 e. The van der Waals surface area contributed by atoms with Crippen LogP contribution in [0.15, 0.2) is 0 Å². The number of hydrogen-bond acceptors (Lipinski definition) is 0. The second-order valence-electron chi connectivity index (χ2n) is 12.5. The Balaban J connectivity index is 0. The summed E-state index contributed by atoms with van der Waals surface area (Å²) in [5.74, 6) is 29.4. The quantitative estimate of drug-likeness (QED) is 0.227. The van der Waals surface area contributed by atoms with Crippen LogP contribution in [-0.4, -0.2) is 0 Å². The largest absolute Gasteiger partial charge is 2.00 e. The summed E-state index contributed by atoms with van der Waals surface area (Å²) in [6.45, 7) is 44.0. The molecule has 0 aliphatic heterocycles. The van der Waals surface area contributed by atoms with Crippen molar-refractivity contribution < 1.29 is 79.9 Å². The molecule has 0 heterocycles. The first-order valence-corrected chi connectivity index (χ1v) is 15.0. The van der Waals surface area contributed by atoms with Crippen LogP contribution in [0.1, 0.15) is 138 Å². The maximum atomic E-state index is 2.20. The summed E-state index contributed by atoms with van der Waals surface area (Å²) >= 11 is 0. The van der Waals surface area contributed by atoms with Crippen LogP contribution in [0.3, 0.4) is 0 Å². The molecule has 0 aromatic carbocycles. The molecule has 0 atom stereocenters. The maximum absolute atomic E-state index is 2.20. The third-order valence-electron chi connectivity index (χ3n) is 11.2. The van der Waals surface area contributed by atoms with Crippen molar-refractivity contribution in [3.63, 3.8) is 0 Å². The topological polar surface area (TPSA) is 0 Å². The summed E-state index contributed by atoms with van der Waals surface area (Å²) in [4.78, 5) is 0. The fourth-order valence-electron chi connectivity index (χ4n) is 5.62. The number of hydrogen-bond donors (Lipinski definition) is 0. The molecular formula is C40H60Th2+4. The molecule has 0 spiro atoms. The van der Waals surface area contributed by atoms with E-state index in [9.17, 15) is 0 Å². The molecule has 2 heteroatoms. The molecule has 0 aromatic rings. The average molecular weight is 1000 g/mol. The summed E-state index contributed by atoms with van der Waals surface area (Å²) in [6.07, 6.45) is 0. The van der Waals surface area contributed by atoms with Crippen LogP contribution < -0.4 is 0 Å². The van der Waals surface area contributed by atoms with Gasteiger partial charge in [-0.15, -0.1) is 0 Å². The van der Waals surface area contributed by atoms with Crippen LogP contribution in [0.25, 0.3) is 0 Å². The molecule has 4 fully saturated rings. The molecule has 0 N–H and O–H groups in total. The standard InChI is InChI=1S/4C10H15.2Th/c4*1-6-7(2)9(4)10(5)8(6)3;;/h4*1-5H3;;/q;;;;2*+2. The van der Waals surface area contributed by atoms with Gasteiger partial charge < -0.3 is 0 Å². The molecule has 42 heavy (non-hydrogen) atoms. The molecule has 4 aliphatic rings. The molecule has 0 bridgehead atoms. The fourth-order valence-corrected chi connectivity index (χ4v) is 5.62. The average Bonchev–Trinajstić information content (AvgIpc) is 3.37. The van der Waals surface area contributed by atoms with Gasteiger partial charge in [-0.25, -0.2) is 0 Å². The van der Waals surface area contributed by atoms with Crippen LogP contribution in [0.5, 0.6) is 0 Å². The number of rotatable bonds is 0. The van der Waals surface area contributed by atoms with Gasteiger partial charge in [-0.3, -0.25) is 0 Å². The predicted molar refractivity (Wildman–Crippen MR) is 178 cm³/mol. The summed E-state index contributed by atoms with van der Waals surface area (Å²) in [6, 6.07) is 0. The third-order valence-corrected chi connectivity index (χ3v) is 11.2. The van der Waals surface area contributed by atoms with Gasteiger partial charge in [-0.1, -0.05) is 138 Å². The van der Waals surface area contributed by atoms with Gasteiger partial charge >= 0.3 is 79.9 Å². The molecule has 0 unspecified atom stereocenters. The zero-order valence-corrected chi connectivity index (χ0v) is 39.2. The molecule has 0 amide bonds. The van der Waals surface area contributed by atoms with Crippen molar-refractivity contribution in [2.75, 3.05) is 0 Å². The Morgan fingerprint density at radius 2 is 0.143 bits per heavy atom. The molecule has 0 nitrogen and oxygen atoms in total. The SMILES string of the molecule is C[C]1[C](C)[C](C)[C](C)[C]1C.C[C]1[C](C)[C](C)[C](C)[C]1C.C[C]1[C](C)[C](C)[C](C)[C]1C.C[C]1[C](C)[C](C)[C](C)[C]1C.[Th+2].[Th+2]. The Morgan fingerprint density at radius 1 is 0.119 bits per heavy atom. The molecule has 0 saturated heterocycles. The van der Waals surface area contributed by atoms with E-state index in [0.29, 0.717) is 0 Å². The van der Waals surface area contributed by atoms with Crippen molar-refractivity contribution >= 4 is 0 Å². The second kappa shape index (κ2) is 20.2. The zero-order valence-electron chi connectivity index (χ0n) is 31.0. The van der Waals surface area contributed by atoms with Crippen molar-refractivity contribution in [1.82, 2.24) is 0 Å². The van der Waals surface area contributed by atoms with E-state index in [1.54, 1.807) is 0 Å². The van der Waals surface area contributed by atoms with Crippen molar-refractivity contribution in [3.05, 3.63) is 118 Å². The minimum absolute atomic E-state index is 0. The predicted octanol–water partition coefficient (Wildman–Crippen LogP) is 11.9. The first kappa shape index (κ1) is 46.8. The van der Waals surface area contributed by atoms with Gasteiger partial charge in [0.05, 0.1) is 0 Å². The zero-order chi connectivity index (χ0) is 31.5. The van der Waals surface area contributed by atoms with Crippen LogP contribution in [0.2, 0.25) is 0 Å². The van der Waals surface area contributed by atoms with Gasteiger partial charge in [-0.05, 0) is 118 Å². The van der Waals surface area contributed by atoms with Crippen molar-refractivity contribution in [2.24, 2.45) is 0 Å². The molecule has 4 aliphatic carbocycles. The molecule has 224 valence electrons. The molecule has 4 saturated carbocycles. The van der Waals surface area contributed by atoms with Crippen molar-refractivity contribution in [3.8, 4) is 0 Å². The summed E-state index contributed by atoms with van der Waals surface area (Å²) in [5.41, 5.74) is 0. The normalized spacial score (nSPS) is 27.1. The van der Waals surface area contributed by atoms with E-state index in [1.807, 2.05) is 0 Å². The maximum Gasteiger partial charge on any atom is 2.00 e. The second-order valence-corrected chi connectivity index (χ2v) is 12.5. The smallest absolute Gasteiger partial charge is 0.0579 e. The first-order valence-electron chi connectivity index (χ1n) is 15.0. The van der Waals surface area contributed by atoms with Gasteiger partial charge in [0.2, 0.25) is 0 Å². The van der Waals surface area contributed by atoms with E-state index in [4.69, 9.17) is 0 Å². The Kier molecular flexibility index (Phi) is 22.5. The van der Waals surface area contributed by atoms with Crippen LogP contribution >= 0.6 is 0 Å². The first-order chi connectivity index (χ1) is 18.2. The Bertz CT molecular complexity index is 421. The summed E-state index contributed by atoms with van der Waals surface area (Å²) < 4.78 is 0. The van der Waals surface area contributed by atoms with E-state index in [-0.39, 0.29) is 79.9 Å². The Labute approximate surface area is 332 Å². The summed E-state index contributed by atoms with van der Waals surface area (Å²) in [7, 11) is 0. The van der Waals surface area contributed by atoms with Crippen LogP contribution in [0.4, 0.5) is 0 Å². The van der Waals surface area contributed by atoms with E-state index in [2.05, 4.69) is 138 Å². The third kappa shape index (κ3) is 10.8. The van der Waals surface area contributed by atoms with Crippen molar-refractivity contribution in [1.29, 1.82) is 0 Å². The van der Waals surface area contributed by atoms with E-state index >= 15 is 0 Å². The van der Waals surface area contributed by atoms with Gasteiger partial charge in [0.15, 0.2) is 0 Å². The molecule has 0 aromatic heterocycles. The van der Waals surface area contributed by atoms with Gasteiger partial charge in [0.25, 0.3) is 0 Å². The van der Waals surface area contributed by atoms with Gasteiger partial charge in [-0.2, -0.15) is 0 Å². The van der Waals surface area contributed by atoms with Gasteiger partial charge in [0, 0.05) is 0 Å². The minimum atomic E-state index is 0. The van der Waals surface area contributed by atoms with E-state index < -0.39 is 0 Å². The molecule has 4 rings (SSSR count). The van der Waals surface area contributed by atoms with Gasteiger partial charge in [0.1, 0.15) is 0 Å². The summed E-state index contributed by atoms with van der Waals surface area (Å²) in [5, 5.41) is 0. The van der Waals surface area contributed by atoms with Crippen LogP contribution in [0, 0.1) is 198 Å². The molecular weight excluding hydrogens is 945 g/mol. The van der Waals surface area contributed by atoms with E-state index in [1.165, 1.54) is 118 Å². The van der Waals surface area contributed by atoms with Crippen molar-refractivity contribution in [2.45, 2.75) is 138 Å². The fraction of sp³-hybridized carbons (Fsp3) is 0.500.